The van der Waals surface area contributed by atoms with Gasteiger partial charge in [-0.15, -0.1) is 0 Å². The molecule has 0 aliphatic heterocycles. The van der Waals surface area contributed by atoms with Crippen molar-refractivity contribution in [3.05, 3.63) is 45.6 Å². The van der Waals surface area contributed by atoms with Crippen LogP contribution >= 0.6 is 23.1 Å². The third kappa shape index (κ3) is 4.10. The molecule has 0 fully saturated rings. The normalized spacial score (nSPS) is 11.8. The number of H-pyrrole nitrogens is 1. The average molecular weight is 348 g/mol. The molecule has 6 nitrogen and oxygen atoms in total. The van der Waals surface area contributed by atoms with Gasteiger partial charge in [0.25, 0.3) is 0 Å². The SMILES string of the molecule is CC(C)(O)Nc1nc(SCc2ccccc2)nc2[nH]c(=O)sc12. The number of aromatic nitrogens is 3. The molecule has 0 unspecified atom stereocenters. The summed E-state index contributed by atoms with van der Waals surface area (Å²) in [4.78, 5) is 22.9. The molecule has 0 saturated heterocycles. The minimum Gasteiger partial charge on any atom is -0.372 e. The predicted molar refractivity (Wildman–Crippen MR) is 94.0 cm³/mol. The summed E-state index contributed by atoms with van der Waals surface area (Å²) in [5.41, 5.74) is 0.504. The van der Waals surface area contributed by atoms with Gasteiger partial charge in [0.15, 0.2) is 16.6 Å². The zero-order chi connectivity index (χ0) is 16.4. The van der Waals surface area contributed by atoms with Crippen molar-refractivity contribution in [1.29, 1.82) is 0 Å². The summed E-state index contributed by atoms with van der Waals surface area (Å²) >= 11 is 2.50. The molecule has 3 aromatic rings. The number of aromatic amines is 1. The van der Waals surface area contributed by atoms with Gasteiger partial charge in [0, 0.05) is 5.75 Å². The largest absolute Gasteiger partial charge is 0.372 e. The van der Waals surface area contributed by atoms with Crippen molar-refractivity contribution in [2.24, 2.45) is 0 Å². The van der Waals surface area contributed by atoms with E-state index in [1.807, 2.05) is 30.3 Å². The number of fused-ring (bicyclic) bond motifs is 1. The molecule has 0 aliphatic carbocycles. The molecule has 3 N–H and O–H groups in total. The molecule has 0 amide bonds. The van der Waals surface area contributed by atoms with Crippen molar-refractivity contribution in [3.8, 4) is 0 Å². The van der Waals surface area contributed by atoms with Crippen molar-refractivity contribution in [2.45, 2.75) is 30.5 Å². The van der Waals surface area contributed by atoms with Crippen molar-refractivity contribution in [2.75, 3.05) is 5.32 Å². The maximum atomic E-state index is 11.6. The van der Waals surface area contributed by atoms with E-state index in [-0.39, 0.29) is 4.87 Å². The smallest absolute Gasteiger partial charge is 0.306 e. The second-order valence-electron chi connectivity index (χ2n) is 5.51. The third-order valence-corrected chi connectivity index (χ3v) is 4.69. The first kappa shape index (κ1) is 16.0. The highest BCUT2D eigenvalue weighted by molar-refractivity contribution is 7.98. The summed E-state index contributed by atoms with van der Waals surface area (Å²) in [6, 6.07) is 10.0. The Morgan fingerprint density at radius 1 is 1.30 bits per heavy atom. The molecule has 0 spiro atoms. The van der Waals surface area contributed by atoms with Crippen LogP contribution < -0.4 is 10.2 Å². The van der Waals surface area contributed by atoms with E-state index >= 15 is 0 Å². The first-order valence-electron chi connectivity index (χ1n) is 6.99. The van der Waals surface area contributed by atoms with E-state index in [0.29, 0.717) is 21.3 Å². The second kappa shape index (κ2) is 6.31. The van der Waals surface area contributed by atoms with Crippen LogP contribution in [0.15, 0.2) is 40.3 Å². The number of hydrogen-bond acceptors (Lipinski definition) is 7. The van der Waals surface area contributed by atoms with Crippen LogP contribution in [-0.2, 0) is 5.75 Å². The maximum absolute atomic E-state index is 11.6. The summed E-state index contributed by atoms with van der Waals surface area (Å²) in [6.07, 6.45) is 0. The van der Waals surface area contributed by atoms with E-state index in [4.69, 9.17) is 0 Å². The number of hydrogen-bond donors (Lipinski definition) is 3. The van der Waals surface area contributed by atoms with Gasteiger partial charge in [-0.05, 0) is 19.4 Å². The lowest BCUT2D eigenvalue weighted by molar-refractivity contribution is 0.111. The van der Waals surface area contributed by atoms with Gasteiger partial charge >= 0.3 is 4.87 Å². The first-order valence-corrected chi connectivity index (χ1v) is 8.79. The van der Waals surface area contributed by atoms with E-state index in [2.05, 4.69) is 20.3 Å². The summed E-state index contributed by atoms with van der Waals surface area (Å²) in [5, 5.41) is 13.4. The van der Waals surface area contributed by atoms with E-state index in [1.54, 1.807) is 13.8 Å². The van der Waals surface area contributed by atoms with E-state index in [0.717, 1.165) is 22.7 Å². The maximum Gasteiger partial charge on any atom is 0.306 e. The Hall–Kier alpha value is -1.90. The molecule has 3 rings (SSSR count). The molecular formula is C15H16N4O2S2. The zero-order valence-electron chi connectivity index (χ0n) is 12.7. The molecule has 0 radical (unpaired) electrons. The number of rotatable bonds is 5. The number of aliphatic hydroxyl groups is 1. The van der Waals surface area contributed by atoms with E-state index in [1.165, 1.54) is 11.8 Å². The summed E-state index contributed by atoms with van der Waals surface area (Å²) in [5.74, 6) is 1.18. The lowest BCUT2D eigenvalue weighted by Crippen LogP contribution is -2.30. The van der Waals surface area contributed by atoms with Gasteiger partial charge in [-0.25, -0.2) is 9.97 Å². The number of nitrogens with zero attached hydrogens (tertiary/aromatic N) is 2. The quantitative estimate of drug-likeness (QED) is 0.373. The molecule has 23 heavy (non-hydrogen) atoms. The summed E-state index contributed by atoms with van der Waals surface area (Å²) in [6.45, 7) is 3.24. The molecule has 0 saturated carbocycles. The molecule has 120 valence electrons. The van der Waals surface area contributed by atoms with Gasteiger partial charge < -0.3 is 10.4 Å². The fourth-order valence-electron chi connectivity index (χ4n) is 1.99. The van der Waals surface area contributed by atoms with Gasteiger partial charge in [0.1, 0.15) is 10.4 Å². The second-order valence-corrected chi connectivity index (χ2v) is 7.43. The standard InChI is InChI=1S/C15H16N4O2S2/c1-15(2,21)19-12-10-11(18-14(20)23-10)16-13(17-12)22-8-9-6-4-3-5-7-9/h3-7,21H,8H2,1-2H3,(H2,16,17,18,19,20). The highest BCUT2D eigenvalue weighted by atomic mass is 32.2. The monoisotopic (exact) mass is 348 g/mol. The third-order valence-electron chi connectivity index (χ3n) is 2.90. The fourth-order valence-corrected chi connectivity index (χ4v) is 3.51. The van der Waals surface area contributed by atoms with Crippen LogP contribution in [0.25, 0.3) is 10.3 Å². The van der Waals surface area contributed by atoms with Gasteiger partial charge in [-0.2, -0.15) is 0 Å². The molecule has 0 aliphatic rings. The zero-order valence-corrected chi connectivity index (χ0v) is 14.3. The van der Waals surface area contributed by atoms with Crippen molar-refractivity contribution >= 4 is 39.3 Å². The van der Waals surface area contributed by atoms with Crippen LogP contribution in [0.5, 0.6) is 0 Å². The molecule has 1 aromatic carbocycles. The Balaban J connectivity index is 1.92. The Bertz CT molecular complexity index is 869. The Morgan fingerprint density at radius 3 is 2.74 bits per heavy atom. The number of thioether (sulfide) groups is 1. The van der Waals surface area contributed by atoms with E-state index in [9.17, 15) is 9.90 Å². The van der Waals surface area contributed by atoms with Crippen LogP contribution in [-0.4, -0.2) is 25.8 Å². The number of benzene rings is 1. The van der Waals surface area contributed by atoms with Gasteiger partial charge in [-0.3, -0.25) is 9.78 Å². The van der Waals surface area contributed by atoms with Gasteiger partial charge in [0.05, 0.1) is 0 Å². The van der Waals surface area contributed by atoms with E-state index < -0.39 is 5.72 Å². The van der Waals surface area contributed by atoms with Crippen LogP contribution in [0, 0.1) is 0 Å². The lowest BCUT2D eigenvalue weighted by atomic mass is 10.2. The summed E-state index contributed by atoms with van der Waals surface area (Å²) < 4.78 is 0.612. The topological polar surface area (TPSA) is 90.9 Å². The summed E-state index contributed by atoms with van der Waals surface area (Å²) in [7, 11) is 0. The van der Waals surface area contributed by atoms with Crippen LogP contribution in [0.4, 0.5) is 5.82 Å². The van der Waals surface area contributed by atoms with Gasteiger partial charge in [-0.1, -0.05) is 53.4 Å². The Morgan fingerprint density at radius 2 is 2.04 bits per heavy atom. The van der Waals surface area contributed by atoms with Crippen molar-refractivity contribution in [1.82, 2.24) is 15.0 Å². The Labute approximate surface area is 141 Å². The predicted octanol–water partition coefficient (Wildman–Crippen LogP) is 2.81. The highest BCUT2D eigenvalue weighted by Crippen LogP contribution is 2.28. The van der Waals surface area contributed by atoms with Crippen LogP contribution in [0.1, 0.15) is 19.4 Å². The lowest BCUT2D eigenvalue weighted by Gasteiger charge is -2.20. The average Bonchev–Trinajstić information content (AvgIpc) is 2.85. The minimum absolute atomic E-state index is 0.196. The number of anilines is 1. The first-order chi connectivity index (χ1) is 10.9. The highest BCUT2D eigenvalue weighted by Gasteiger charge is 2.18. The number of thiazole rings is 1. The Kier molecular flexibility index (Phi) is 4.38. The molecule has 2 aromatic heterocycles. The molecular weight excluding hydrogens is 332 g/mol. The van der Waals surface area contributed by atoms with Crippen molar-refractivity contribution < 1.29 is 5.11 Å². The van der Waals surface area contributed by atoms with Crippen LogP contribution in [0.2, 0.25) is 0 Å². The van der Waals surface area contributed by atoms with Gasteiger partial charge in [0.2, 0.25) is 0 Å². The number of nitrogens with one attached hydrogen (secondary N) is 2. The molecule has 0 atom stereocenters. The fraction of sp³-hybridized carbons (Fsp3) is 0.267. The molecule has 0 bridgehead atoms. The van der Waals surface area contributed by atoms with Crippen LogP contribution in [0.3, 0.4) is 0 Å². The molecule has 2 heterocycles. The minimum atomic E-state index is -1.14. The van der Waals surface area contributed by atoms with Crippen molar-refractivity contribution in [3.63, 3.8) is 0 Å². The molecule has 8 heteroatoms.